The lowest BCUT2D eigenvalue weighted by molar-refractivity contribution is -0.134. The van der Waals surface area contributed by atoms with Crippen molar-refractivity contribution in [2.75, 3.05) is 0 Å². The van der Waals surface area contributed by atoms with Crippen LogP contribution < -0.4 is 0 Å². The van der Waals surface area contributed by atoms with Crippen LogP contribution in [0, 0.1) is 17.7 Å². The van der Waals surface area contributed by atoms with Crippen molar-refractivity contribution in [1.29, 1.82) is 0 Å². The summed E-state index contributed by atoms with van der Waals surface area (Å²) in [6, 6.07) is 14.5. The third-order valence-electron chi connectivity index (χ3n) is 5.67. The van der Waals surface area contributed by atoms with Gasteiger partial charge in [0.25, 0.3) is 0 Å². The van der Waals surface area contributed by atoms with Gasteiger partial charge >= 0.3 is 0 Å². The number of ketones is 2. The molecule has 0 aromatic heterocycles. The van der Waals surface area contributed by atoms with E-state index in [-0.39, 0.29) is 28.9 Å². The molecule has 4 heteroatoms. The maximum Gasteiger partial charge on any atom is 0.146 e. The Morgan fingerprint density at radius 2 is 1.74 bits per heavy atom. The van der Waals surface area contributed by atoms with Crippen molar-refractivity contribution in [2.24, 2.45) is 11.8 Å². The highest BCUT2D eigenvalue weighted by atomic mass is 35.5. The van der Waals surface area contributed by atoms with Crippen molar-refractivity contribution in [3.8, 4) is 0 Å². The van der Waals surface area contributed by atoms with Crippen LogP contribution in [0.2, 0.25) is 5.02 Å². The van der Waals surface area contributed by atoms with Gasteiger partial charge in [-0.15, -0.1) is 0 Å². The molecule has 27 heavy (non-hydrogen) atoms. The summed E-state index contributed by atoms with van der Waals surface area (Å²) in [4.78, 5) is 25.2. The van der Waals surface area contributed by atoms with E-state index in [9.17, 15) is 14.0 Å². The number of carbonyl (C=O) groups excluding carboxylic acids is 2. The van der Waals surface area contributed by atoms with Crippen molar-refractivity contribution in [2.45, 2.75) is 44.9 Å². The molecule has 2 aromatic rings. The predicted octanol–water partition coefficient (Wildman–Crippen LogP) is 5.77. The van der Waals surface area contributed by atoms with Gasteiger partial charge < -0.3 is 0 Å². The zero-order chi connectivity index (χ0) is 19.4. The highest BCUT2D eigenvalue weighted by Gasteiger charge is 2.33. The largest absolute Gasteiger partial charge is 0.299 e. The molecule has 1 aliphatic carbocycles. The molecule has 2 aromatic carbocycles. The molecule has 1 atom stereocenters. The first-order valence-corrected chi connectivity index (χ1v) is 9.86. The van der Waals surface area contributed by atoms with Crippen LogP contribution in [-0.2, 0) is 16.0 Å². The topological polar surface area (TPSA) is 34.1 Å². The quantitative estimate of drug-likeness (QED) is 0.590. The van der Waals surface area contributed by atoms with Gasteiger partial charge in [-0.2, -0.15) is 0 Å². The lowest BCUT2D eigenvalue weighted by Gasteiger charge is -2.30. The standard InChI is InChI=1S/C23H24ClFO2/c1-15(26)21(13-19-11-12-20(25)14-22(19)24)23(27)18-9-7-17(8-10-18)16-5-3-2-4-6-16/h2-6,11-12,14,17-18,21H,7-10,13H2,1H3. The number of Topliss-reactive ketones (excluding diaryl/α,β-unsaturated/α-hetero) is 2. The Hall–Kier alpha value is -2.00. The van der Waals surface area contributed by atoms with Gasteiger partial charge in [-0.3, -0.25) is 9.59 Å². The van der Waals surface area contributed by atoms with Gasteiger partial charge in [-0.1, -0.05) is 48.0 Å². The van der Waals surface area contributed by atoms with Crippen LogP contribution in [0.15, 0.2) is 48.5 Å². The molecule has 0 aliphatic heterocycles. The Balaban J connectivity index is 1.66. The van der Waals surface area contributed by atoms with Crippen molar-refractivity contribution in [1.82, 2.24) is 0 Å². The SMILES string of the molecule is CC(=O)C(Cc1ccc(F)cc1Cl)C(=O)C1CCC(c2ccccc2)CC1. The van der Waals surface area contributed by atoms with Crippen molar-refractivity contribution in [3.05, 3.63) is 70.5 Å². The summed E-state index contributed by atoms with van der Waals surface area (Å²) in [5.74, 6) is -0.865. The van der Waals surface area contributed by atoms with E-state index in [4.69, 9.17) is 11.6 Å². The van der Waals surface area contributed by atoms with Gasteiger partial charge in [-0.25, -0.2) is 4.39 Å². The second-order valence-corrected chi connectivity index (χ2v) is 7.87. The number of rotatable bonds is 6. The molecule has 142 valence electrons. The molecule has 0 N–H and O–H groups in total. The third kappa shape index (κ3) is 4.84. The van der Waals surface area contributed by atoms with Gasteiger partial charge in [0.15, 0.2) is 0 Å². The van der Waals surface area contributed by atoms with Gasteiger partial charge in [0, 0.05) is 10.9 Å². The molecule has 2 nitrogen and oxygen atoms in total. The van der Waals surface area contributed by atoms with E-state index in [0.29, 0.717) is 11.5 Å². The van der Waals surface area contributed by atoms with Gasteiger partial charge in [0.2, 0.25) is 0 Å². The Morgan fingerprint density at radius 1 is 1.07 bits per heavy atom. The third-order valence-corrected chi connectivity index (χ3v) is 6.03. The van der Waals surface area contributed by atoms with Crippen LogP contribution in [0.25, 0.3) is 0 Å². The van der Waals surface area contributed by atoms with Gasteiger partial charge in [-0.05, 0) is 68.2 Å². The Bertz CT molecular complexity index is 810. The smallest absolute Gasteiger partial charge is 0.146 e. The fourth-order valence-corrected chi connectivity index (χ4v) is 4.32. The van der Waals surface area contributed by atoms with Crippen molar-refractivity contribution in [3.63, 3.8) is 0 Å². The van der Waals surface area contributed by atoms with Crippen molar-refractivity contribution < 1.29 is 14.0 Å². The van der Waals surface area contributed by atoms with E-state index in [1.54, 1.807) is 6.07 Å². The normalized spacial score (nSPS) is 20.9. The Morgan fingerprint density at radius 3 is 2.33 bits per heavy atom. The highest BCUT2D eigenvalue weighted by molar-refractivity contribution is 6.31. The number of hydrogen-bond donors (Lipinski definition) is 0. The molecule has 0 saturated heterocycles. The van der Waals surface area contributed by atoms with Crippen molar-refractivity contribution >= 4 is 23.2 Å². The zero-order valence-electron chi connectivity index (χ0n) is 15.5. The molecule has 1 fully saturated rings. The summed E-state index contributed by atoms with van der Waals surface area (Å²) < 4.78 is 13.3. The Kier molecular flexibility index (Phi) is 6.43. The lowest BCUT2D eigenvalue weighted by atomic mass is 9.73. The summed E-state index contributed by atoms with van der Waals surface area (Å²) in [5, 5.41) is 0.266. The first-order valence-electron chi connectivity index (χ1n) is 9.48. The van der Waals surface area contributed by atoms with E-state index in [0.717, 1.165) is 25.7 Å². The minimum absolute atomic E-state index is 0.00871. The van der Waals surface area contributed by atoms with E-state index in [1.807, 2.05) is 18.2 Å². The molecule has 1 saturated carbocycles. The Labute approximate surface area is 164 Å². The lowest BCUT2D eigenvalue weighted by Crippen LogP contribution is -2.32. The fraction of sp³-hybridized carbons (Fsp3) is 0.391. The molecule has 3 rings (SSSR count). The van der Waals surface area contributed by atoms with Crippen LogP contribution >= 0.6 is 11.6 Å². The van der Waals surface area contributed by atoms with Crippen LogP contribution in [0.5, 0.6) is 0 Å². The minimum atomic E-state index is -0.703. The maximum absolute atomic E-state index is 13.3. The molecule has 0 radical (unpaired) electrons. The van der Waals surface area contributed by atoms with E-state index in [1.165, 1.54) is 24.6 Å². The van der Waals surface area contributed by atoms with Crippen LogP contribution in [-0.4, -0.2) is 11.6 Å². The summed E-state index contributed by atoms with van der Waals surface area (Å²) in [5.41, 5.74) is 1.97. The average Bonchev–Trinajstić information content (AvgIpc) is 2.67. The summed E-state index contributed by atoms with van der Waals surface area (Å²) in [7, 11) is 0. The molecule has 1 aliphatic rings. The molecular weight excluding hydrogens is 363 g/mol. The molecule has 0 amide bonds. The number of halogens is 2. The molecule has 0 spiro atoms. The molecule has 0 heterocycles. The first kappa shape index (κ1) is 19.8. The van der Waals surface area contributed by atoms with Crippen LogP contribution in [0.3, 0.4) is 0 Å². The highest BCUT2D eigenvalue weighted by Crippen LogP contribution is 2.37. The maximum atomic E-state index is 13.3. The minimum Gasteiger partial charge on any atom is -0.299 e. The van der Waals surface area contributed by atoms with E-state index >= 15 is 0 Å². The van der Waals surface area contributed by atoms with Crippen LogP contribution in [0.4, 0.5) is 4.39 Å². The van der Waals surface area contributed by atoms with E-state index < -0.39 is 11.7 Å². The second-order valence-electron chi connectivity index (χ2n) is 7.46. The second kappa shape index (κ2) is 8.79. The van der Waals surface area contributed by atoms with Crippen LogP contribution in [0.1, 0.15) is 49.7 Å². The average molecular weight is 387 g/mol. The monoisotopic (exact) mass is 386 g/mol. The molecular formula is C23H24ClFO2. The molecule has 0 bridgehead atoms. The van der Waals surface area contributed by atoms with E-state index in [2.05, 4.69) is 12.1 Å². The zero-order valence-corrected chi connectivity index (χ0v) is 16.2. The fourth-order valence-electron chi connectivity index (χ4n) is 4.07. The summed E-state index contributed by atoms with van der Waals surface area (Å²) in [6.07, 6.45) is 3.77. The first-order chi connectivity index (χ1) is 13.0. The number of benzene rings is 2. The predicted molar refractivity (Wildman–Crippen MR) is 105 cm³/mol. The molecule has 1 unspecified atom stereocenters. The summed E-state index contributed by atoms with van der Waals surface area (Å²) >= 11 is 6.09. The summed E-state index contributed by atoms with van der Waals surface area (Å²) in [6.45, 7) is 1.45. The van der Waals surface area contributed by atoms with Gasteiger partial charge in [0.05, 0.1) is 5.92 Å². The van der Waals surface area contributed by atoms with Gasteiger partial charge in [0.1, 0.15) is 17.4 Å². The number of carbonyl (C=O) groups is 2. The number of hydrogen-bond acceptors (Lipinski definition) is 2.